The first kappa shape index (κ1) is 15.2. The van der Waals surface area contributed by atoms with E-state index in [4.69, 9.17) is 5.14 Å². The molecule has 0 aliphatic carbocycles. The molecule has 0 saturated carbocycles. The Bertz CT molecular complexity index is 716. The van der Waals surface area contributed by atoms with Gasteiger partial charge in [-0.05, 0) is 42.5 Å². The minimum atomic E-state index is -3.63. The third-order valence-corrected chi connectivity index (χ3v) is 6.24. The van der Waals surface area contributed by atoms with Crippen molar-refractivity contribution in [2.75, 3.05) is 6.54 Å². The van der Waals surface area contributed by atoms with Crippen LogP contribution in [0.1, 0.15) is 20.1 Å². The smallest absolute Gasteiger partial charge is 0.261 e. The molecule has 1 amide bonds. The first-order valence-corrected chi connectivity index (χ1v) is 9.06. The van der Waals surface area contributed by atoms with Crippen molar-refractivity contribution in [3.8, 4) is 0 Å². The summed E-state index contributed by atoms with van der Waals surface area (Å²) in [5.41, 5.74) is 0.958. The number of carbonyl (C=O) groups is 1. The van der Waals surface area contributed by atoms with Crippen LogP contribution in [0.15, 0.2) is 27.8 Å². The summed E-state index contributed by atoms with van der Waals surface area (Å²) in [4.78, 5) is 13.5. The number of rotatable bonds is 5. The van der Waals surface area contributed by atoms with Gasteiger partial charge in [-0.2, -0.15) is 0 Å². The van der Waals surface area contributed by atoms with Crippen LogP contribution < -0.4 is 10.5 Å². The van der Waals surface area contributed by atoms with Crippen molar-refractivity contribution in [1.29, 1.82) is 0 Å². The molecule has 2 aromatic rings. The molecule has 0 radical (unpaired) electrons. The molecular formula is C12H14N2O3S3. The number of thiophene rings is 2. The van der Waals surface area contributed by atoms with E-state index in [0.717, 1.165) is 21.8 Å². The highest BCUT2D eigenvalue weighted by Gasteiger charge is 2.12. The van der Waals surface area contributed by atoms with Crippen LogP contribution in [0.25, 0.3) is 0 Å². The van der Waals surface area contributed by atoms with E-state index in [1.165, 1.54) is 17.4 Å². The lowest BCUT2D eigenvalue weighted by molar-refractivity contribution is 0.0957. The van der Waals surface area contributed by atoms with Crippen LogP contribution in [0, 0.1) is 6.92 Å². The SMILES string of the molecule is Cc1ccsc1C(=O)NCCc1ccc(S(N)(=O)=O)s1. The number of nitrogens with two attached hydrogens (primary N) is 1. The van der Waals surface area contributed by atoms with Gasteiger partial charge >= 0.3 is 0 Å². The van der Waals surface area contributed by atoms with Crippen molar-refractivity contribution >= 4 is 38.6 Å². The summed E-state index contributed by atoms with van der Waals surface area (Å²) in [5, 5.41) is 9.74. The number of hydrogen-bond donors (Lipinski definition) is 2. The zero-order chi connectivity index (χ0) is 14.8. The Labute approximate surface area is 125 Å². The first-order chi connectivity index (χ1) is 9.38. The zero-order valence-electron chi connectivity index (χ0n) is 10.8. The van der Waals surface area contributed by atoms with E-state index < -0.39 is 10.0 Å². The highest BCUT2D eigenvalue weighted by molar-refractivity contribution is 7.91. The largest absolute Gasteiger partial charge is 0.351 e. The van der Waals surface area contributed by atoms with Crippen LogP contribution in [0.3, 0.4) is 0 Å². The predicted octanol–water partition coefficient (Wildman–Crippen LogP) is 1.74. The van der Waals surface area contributed by atoms with Crippen LogP contribution in [0.4, 0.5) is 0 Å². The second-order valence-electron chi connectivity index (χ2n) is 4.20. The molecule has 0 unspecified atom stereocenters. The molecule has 0 aliphatic heterocycles. The average Bonchev–Trinajstić information content (AvgIpc) is 2.97. The second-order valence-corrected chi connectivity index (χ2v) is 8.08. The molecule has 0 fully saturated rings. The fourth-order valence-electron chi connectivity index (χ4n) is 1.63. The summed E-state index contributed by atoms with van der Waals surface area (Å²) in [6, 6.07) is 5.10. The quantitative estimate of drug-likeness (QED) is 0.875. The van der Waals surface area contributed by atoms with Crippen LogP contribution in [-0.4, -0.2) is 20.9 Å². The predicted molar refractivity (Wildman–Crippen MR) is 80.8 cm³/mol. The van der Waals surface area contributed by atoms with Gasteiger partial charge in [-0.1, -0.05) is 0 Å². The molecule has 0 saturated heterocycles. The summed E-state index contributed by atoms with van der Waals surface area (Å²) in [6.45, 7) is 2.35. The third kappa shape index (κ3) is 3.66. The average molecular weight is 330 g/mol. The highest BCUT2D eigenvalue weighted by atomic mass is 32.2. The van der Waals surface area contributed by atoms with E-state index in [1.807, 2.05) is 18.4 Å². The molecule has 8 heteroatoms. The van der Waals surface area contributed by atoms with Crippen LogP contribution in [-0.2, 0) is 16.4 Å². The maximum absolute atomic E-state index is 11.9. The van der Waals surface area contributed by atoms with Gasteiger partial charge in [0.1, 0.15) is 4.21 Å². The van der Waals surface area contributed by atoms with E-state index in [1.54, 1.807) is 6.07 Å². The Morgan fingerprint density at radius 2 is 2.10 bits per heavy atom. The zero-order valence-corrected chi connectivity index (χ0v) is 13.2. The summed E-state index contributed by atoms with van der Waals surface area (Å²) in [6.07, 6.45) is 0.580. The normalized spacial score (nSPS) is 11.5. The molecule has 2 aromatic heterocycles. The number of sulfonamides is 1. The van der Waals surface area contributed by atoms with Crippen molar-refractivity contribution in [1.82, 2.24) is 5.32 Å². The van der Waals surface area contributed by atoms with E-state index in [9.17, 15) is 13.2 Å². The number of nitrogens with one attached hydrogen (secondary N) is 1. The van der Waals surface area contributed by atoms with Gasteiger partial charge in [0.25, 0.3) is 5.91 Å². The number of carbonyl (C=O) groups excluding carboxylic acids is 1. The molecule has 108 valence electrons. The van der Waals surface area contributed by atoms with Crippen molar-refractivity contribution in [3.63, 3.8) is 0 Å². The van der Waals surface area contributed by atoms with Crippen molar-refractivity contribution in [3.05, 3.63) is 38.9 Å². The molecule has 20 heavy (non-hydrogen) atoms. The van der Waals surface area contributed by atoms with E-state index >= 15 is 0 Å². The van der Waals surface area contributed by atoms with Gasteiger partial charge < -0.3 is 5.32 Å². The van der Waals surface area contributed by atoms with Crippen molar-refractivity contribution < 1.29 is 13.2 Å². The molecule has 3 N–H and O–H groups in total. The summed E-state index contributed by atoms with van der Waals surface area (Å²) < 4.78 is 22.4. The molecule has 0 aromatic carbocycles. The van der Waals surface area contributed by atoms with Crippen LogP contribution in [0.2, 0.25) is 0 Å². The monoisotopic (exact) mass is 330 g/mol. The van der Waals surface area contributed by atoms with Crippen LogP contribution >= 0.6 is 22.7 Å². The Morgan fingerprint density at radius 1 is 1.35 bits per heavy atom. The molecule has 0 aliphatic rings. The highest BCUT2D eigenvalue weighted by Crippen LogP contribution is 2.20. The maximum Gasteiger partial charge on any atom is 0.261 e. The number of amides is 1. The van der Waals surface area contributed by atoms with Gasteiger partial charge in [0, 0.05) is 11.4 Å². The second kappa shape index (κ2) is 6.04. The summed E-state index contributed by atoms with van der Waals surface area (Å²) in [5.74, 6) is -0.0966. The number of hydrogen-bond acceptors (Lipinski definition) is 5. The summed E-state index contributed by atoms with van der Waals surface area (Å²) in [7, 11) is -3.63. The topological polar surface area (TPSA) is 89.3 Å². The van der Waals surface area contributed by atoms with E-state index in [2.05, 4.69) is 5.32 Å². The molecule has 5 nitrogen and oxygen atoms in total. The molecular weight excluding hydrogens is 316 g/mol. The van der Waals surface area contributed by atoms with Gasteiger partial charge in [0.05, 0.1) is 4.88 Å². The third-order valence-electron chi connectivity index (χ3n) is 2.64. The minimum absolute atomic E-state index is 0.0966. The molecule has 0 atom stereocenters. The van der Waals surface area contributed by atoms with Gasteiger partial charge in [0.15, 0.2) is 0 Å². The number of primary sulfonamides is 1. The lowest BCUT2D eigenvalue weighted by atomic mass is 10.3. The van der Waals surface area contributed by atoms with E-state index in [-0.39, 0.29) is 10.1 Å². The lowest BCUT2D eigenvalue weighted by Crippen LogP contribution is -2.25. The fraction of sp³-hybridized carbons (Fsp3) is 0.250. The molecule has 0 bridgehead atoms. The minimum Gasteiger partial charge on any atom is -0.351 e. The fourth-order valence-corrected chi connectivity index (χ4v) is 4.25. The van der Waals surface area contributed by atoms with Gasteiger partial charge in [-0.15, -0.1) is 22.7 Å². The lowest BCUT2D eigenvalue weighted by Gasteiger charge is -2.03. The molecule has 2 heterocycles. The first-order valence-electron chi connectivity index (χ1n) is 5.82. The maximum atomic E-state index is 11.9. The van der Waals surface area contributed by atoms with Gasteiger partial charge in [-0.3, -0.25) is 4.79 Å². The Hall–Kier alpha value is -1.22. The summed E-state index contributed by atoms with van der Waals surface area (Å²) >= 11 is 2.54. The number of aryl methyl sites for hydroxylation is 1. The van der Waals surface area contributed by atoms with E-state index in [0.29, 0.717) is 17.8 Å². The molecule has 0 spiro atoms. The van der Waals surface area contributed by atoms with Crippen molar-refractivity contribution in [2.24, 2.45) is 5.14 Å². The Morgan fingerprint density at radius 3 is 2.65 bits per heavy atom. The molecule has 2 rings (SSSR count). The van der Waals surface area contributed by atoms with Crippen molar-refractivity contribution in [2.45, 2.75) is 17.6 Å². The van der Waals surface area contributed by atoms with Crippen LogP contribution in [0.5, 0.6) is 0 Å². The Kier molecular flexibility index (Phi) is 4.59. The van der Waals surface area contributed by atoms with Gasteiger partial charge in [0.2, 0.25) is 10.0 Å². The Balaban J connectivity index is 1.89. The standard InChI is InChI=1S/C12H14N2O3S3/c1-8-5-7-18-11(8)12(15)14-6-4-9-2-3-10(19-9)20(13,16)17/h2-3,5,7H,4,6H2,1H3,(H,14,15)(H2,13,16,17). The van der Waals surface area contributed by atoms with Gasteiger partial charge in [-0.25, -0.2) is 13.6 Å².